The molecule has 1 aliphatic rings. The van der Waals surface area contributed by atoms with Crippen LogP contribution in [0.15, 0.2) is 4.99 Å². The molecule has 1 aliphatic heterocycles. The topological polar surface area (TPSA) is 58.1 Å². The van der Waals surface area contributed by atoms with E-state index < -0.39 is 0 Å². The van der Waals surface area contributed by atoms with Gasteiger partial charge in [-0.05, 0) is 57.7 Å². The first-order chi connectivity index (χ1) is 11.8. The first kappa shape index (κ1) is 21.2. The lowest BCUT2D eigenvalue weighted by molar-refractivity contribution is 0.0689. The molecule has 0 amide bonds. The third kappa shape index (κ3) is 10.8. The number of methoxy groups -OCH3 is 1. The molecule has 0 unspecified atom stereocenters. The summed E-state index contributed by atoms with van der Waals surface area (Å²) in [7, 11) is 3.52. The zero-order valence-electron chi connectivity index (χ0n) is 16.0. The first-order valence-corrected chi connectivity index (χ1v) is 9.49. The zero-order valence-corrected chi connectivity index (χ0v) is 16.0. The van der Waals surface area contributed by atoms with Crippen molar-refractivity contribution in [3.05, 3.63) is 0 Å². The van der Waals surface area contributed by atoms with Gasteiger partial charge in [-0.25, -0.2) is 0 Å². The molecule has 1 fully saturated rings. The summed E-state index contributed by atoms with van der Waals surface area (Å²) in [5, 5.41) is 6.76. The molecular formula is C18H38N4O2. The fraction of sp³-hybridized carbons (Fsp3) is 0.944. The van der Waals surface area contributed by atoms with Gasteiger partial charge in [0.2, 0.25) is 0 Å². The van der Waals surface area contributed by atoms with E-state index in [2.05, 4.69) is 27.4 Å². The third-order valence-corrected chi connectivity index (χ3v) is 4.48. The highest BCUT2D eigenvalue weighted by Crippen LogP contribution is 2.15. The zero-order chi connectivity index (χ0) is 17.5. The summed E-state index contributed by atoms with van der Waals surface area (Å²) in [6, 6.07) is 0. The van der Waals surface area contributed by atoms with Crippen LogP contribution in [0.25, 0.3) is 0 Å². The molecule has 24 heavy (non-hydrogen) atoms. The fourth-order valence-corrected chi connectivity index (χ4v) is 2.80. The van der Waals surface area contributed by atoms with Gasteiger partial charge in [-0.15, -0.1) is 0 Å². The van der Waals surface area contributed by atoms with Crippen molar-refractivity contribution >= 4 is 5.96 Å². The summed E-state index contributed by atoms with van der Waals surface area (Å²) in [5.74, 6) is 1.82. The van der Waals surface area contributed by atoms with Crippen LogP contribution in [0, 0.1) is 5.92 Å². The van der Waals surface area contributed by atoms with Crippen LogP contribution in [0.4, 0.5) is 0 Å². The number of hydrogen-bond donors (Lipinski definition) is 2. The van der Waals surface area contributed by atoms with Crippen LogP contribution >= 0.6 is 0 Å². The van der Waals surface area contributed by atoms with Crippen molar-refractivity contribution in [2.24, 2.45) is 10.9 Å². The molecule has 1 saturated heterocycles. The Morgan fingerprint density at radius 3 is 2.42 bits per heavy atom. The molecule has 0 radical (unpaired) electrons. The minimum absolute atomic E-state index is 0.672. The normalized spacial score (nSPS) is 17.2. The molecule has 1 rings (SSSR count). The van der Waals surface area contributed by atoms with Crippen molar-refractivity contribution in [2.75, 3.05) is 66.7 Å². The van der Waals surface area contributed by atoms with E-state index in [4.69, 9.17) is 9.47 Å². The van der Waals surface area contributed by atoms with E-state index >= 15 is 0 Å². The molecule has 0 aliphatic carbocycles. The molecule has 142 valence electrons. The van der Waals surface area contributed by atoms with Gasteiger partial charge in [0.15, 0.2) is 5.96 Å². The summed E-state index contributed by atoms with van der Waals surface area (Å²) in [6.45, 7) is 10.1. The van der Waals surface area contributed by atoms with Crippen molar-refractivity contribution in [3.63, 3.8) is 0 Å². The Labute approximate surface area is 148 Å². The summed E-state index contributed by atoms with van der Waals surface area (Å²) >= 11 is 0. The maximum atomic E-state index is 5.45. The monoisotopic (exact) mass is 342 g/mol. The predicted octanol–water partition coefficient (Wildman–Crippen LogP) is 1.72. The summed E-state index contributed by atoms with van der Waals surface area (Å²) in [6.07, 6.45) is 6.01. The lowest BCUT2D eigenvalue weighted by Crippen LogP contribution is -2.40. The molecular weight excluding hydrogens is 304 g/mol. The highest BCUT2D eigenvalue weighted by molar-refractivity contribution is 5.79. The number of rotatable bonds is 12. The SMILES string of the molecule is CN=C(NCCCCOCCOC)NCCCN1CCC(C)CC1. The average molecular weight is 343 g/mol. The Balaban J connectivity index is 1.93. The molecule has 6 nitrogen and oxygen atoms in total. The van der Waals surface area contributed by atoms with E-state index in [-0.39, 0.29) is 0 Å². The van der Waals surface area contributed by atoms with Gasteiger partial charge in [-0.2, -0.15) is 0 Å². The van der Waals surface area contributed by atoms with Crippen LogP contribution in [0.3, 0.4) is 0 Å². The van der Waals surface area contributed by atoms with Gasteiger partial charge in [-0.3, -0.25) is 4.99 Å². The van der Waals surface area contributed by atoms with Gasteiger partial charge >= 0.3 is 0 Å². The van der Waals surface area contributed by atoms with Gasteiger partial charge in [0.25, 0.3) is 0 Å². The Morgan fingerprint density at radius 1 is 1.04 bits per heavy atom. The van der Waals surface area contributed by atoms with Gasteiger partial charge < -0.3 is 25.0 Å². The number of piperidine rings is 1. The summed E-state index contributed by atoms with van der Waals surface area (Å²) in [5.41, 5.74) is 0. The molecule has 0 bridgehead atoms. The number of unbranched alkanes of at least 4 members (excludes halogenated alkanes) is 1. The van der Waals surface area contributed by atoms with Crippen LogP contribution in [-0.2, 0) is 9.47 Å². The maximum absolute atomic E-state index is 5.45. The lowest BCUT2D eigenvalue weighted by atomic mass is 9.99. The number of likely N-dealkylation sites (tertiary alicyclic amines) is 1. The number of ether oxygens (including phenoxy) is 2. The smallest absolute Gasteiger partial charge is 0.190 e. The van der Waals surface area contributed by atoms with E-state index in [1.54, 1.807) is 7.11 Å². The molecule has 6 heteroatoms. The molecule has 0 atom stereocenters. The van der Waals surface area contributed by atoms with E-state index in [1.165, 1.54) is 38.9 Å². The van der Waals surface area contributed by atoms with Crippen molar-refractivity contribution in [1.29, 1.82) is 0 Å². The minimum Gasteiger partial charge on any atom is -0.382 e. The van der Waals surface area contributed by atoms with Gasteiger partial charge in [0.05, 0.1) is 13.2 Å². The predicted molar refractivity (Wildman–Crippen MR) is 101 cm³/mol. The second kappa shape index (κ2) is 14.5. The van der Waals surface area contributed by atoms with Crippen molar-refractivity contribution < 1.29 is 9.47 Å². The highest BCUT2D eigenvalue weighted by atomic mass is 16.5. The Kier molecular flexibility index (Phi) is 12.8. The Bertz CT molecular complexity index is 318. The molecule has 1 heterocycles. The molecule has 0 saturated carbocycles. The highest BCUT2D eigenvalue weighted by Gasteiger charge is 2.14. The average Bonchev–Trinajstić information content (AvgIpc) is 2.60. The second-order valence-corrected chi connectivity index (χ2v) is 6.62. The molecule has 0 spiro atoms. The maximum Gasteiger partial charge on any atom is 0.190 e. The number of aliphatic imine (C=N–C) groups is 1. The van der Waals surface area contributed by atoms with E-state index in [1.807, 2.05) is 7.05 Å². The quantitative estimate of drug-likeness (QED) is 0.321. The summed E-state index contributed by atoms with van der Waals surface area (Å²) in [4.78, 5) is 6.86. The first-order valence-electron chi connectivity index (χ1n) is 9.49. The second-order valence-electron chi connectivity index (χ2n) is 6.62. The number of nitrogens with zero attached hydrogens (tertiary/aromatic N) is 2. The molecule has 0 aromatic rings. The van der Waals surface area contributed by atoms with Gasteiger partial charge in [0.1, 0.15) is 0 Å². The minimum atomic E-state index is 0.672. The molecule has 0 aromatic carbocycles. The number of nitrogens with one attached hydrogen (secondary N) is 2. The van der Waals surface area contributed by atoms with Crippen LogP contribution in [0.5, 0.6) is 0 Å². The molecule has 0 aromatic heterocycles. The molecule has 2 N–H and O–H groups in total. The van der Waals surface area contributed by atoms with Crippen LogP contribution in [0.1, 0.15) is 39.0 Å². The standard InChI is InChI=1S/C18H38N4O2/c1-17-7-12-22(13-8-17)11-6-10-21-18(19-2)20-9-4-5-14-24-16-15-23-3/h17H,4-16H2,1-3H3,(H2,19,20,21). The lowest BCUT2D eigenvalue weighted by Gasteiger charge is -2.30. The van der Waals surface area contributed by atoms with E-state index in [9.17, 15) is 0 Å². The third-order valence-electron chi connectivity index (χ3n) is 4.48. The fourth-order valence-electron chi connectivity index (χ4n) is 2.80. The van der Waals surface area contributed by atoms with Crippen LogP contribution in [0.2, 0.25) is 0 Å². The van der Waals surface area contributed by atoms with Gasteiger partial charge in [0, 0.05) is 33.9 Å². The largest absolute Gasteiger partial charge is 0.382 e. The van der Waals surface area contributed by atoms with Crippen molar-refractivity contribution in [3.8, 4) is 0 Å². The number of hydrogen-bond acceptors (Lipinski definition) is 4. The van der Waals surface area contributed by atoms with E-state index in [0.29, 0.717) is 13.2 Å². The van der Waals surface area contributed by atoms with Crippen LogP contribution in [-0.4, -0.2) is 77.6 Å². The van der Waals surface area contributed by atoms with Crippen molar-refractivity contribution in [1.82, 2.24) is 15.5 Å². The Morgan fingerprint density at radius 2 is 1.75 bits per heavy atom. The van der Waals surface area contributed by atoms with Gasteiger partial charge in [-0.1, -0.05) is 6.92 Å². The van der Waals surface area contributed by atoms with E-state index in [0.717, 1.165) is 44.4 Å². The summed E-state index contributed by atoms with van der Waals surface area (Å²) < 4.78 is 10.4. The van der Waals surface area contributed by atoms with Crippen LogP contribution < -0.4 is 10.6 Å². The van der Waals surface area contributed by atoms with Crippen molar-refractivity contribution in [2.45, 2.75) is 39.0 Å². The Hall–Kier alpha value is -0.850. The number of guanidine groups is 1.